The summed E-state index contributed by atoms with van der Waals surface area (Å²) in [7, 11) is 0. The standard InChI is InChI=1S/C10H10N2O4/c11-8-3-1-2-6(7(8)5-13)10(16)12-4-9(14)15/h1-3,5H,4,11H2,(H,12,16)(H,14,15). The van der Waals surface area contributed by atoms with Crippen LogP contribution < -0.4 is 11.1 Å². The lowest BCUT2D eigenvalue weighted by atomic mass is 10.1. The van der Waals surface area contributed by atoms with Gasteiger partial charge in [-0.15, -0.1) is 0 Å². The summed E-state index contributed by atoms with van der Waals surface area (Å²) in [6, 6.07) is 4.40. The van der Waals surface area contributed by atoms with Crippen LogP contribution in [0.2, 0.25) is 0 Å². The van der Waals surface area contributed by atoms with E-state index in [4.69, 9.17) is 10.8 Å². The Labute approximate surface area is 91.1 Å². The van der Waals surface area contributed by atoms with Crippen molar-refractivity contribution >= 4 is 23.9 Å². The van der Waals surface area contributed by atoms with Gasteiger partial charge >= 0.3 is 5.97 Å². The van der Waals surface area contributed by atoms with Gasteiger partial charge in [0.15, 0.2) is 6.29 Å². The van der Waals surface area contributed by atoms with Gasteiger partial charge in [-0.25, -0.2) is 0 Å². The number of carboxylic acids is 1. The minimum Gasteiger partial charge on any atom is -0.480 e. The summed E-state index contributed by atoms with van der Waals surface area (Å²) < 4.78 is 0. The van der Waals surface area contributed by atoms with Crippen LogP contribution in [0.1, 0.15) is 20.7 Å². The highest BCUT2D eigenvalue weighted by Crippen LogP contribution is 2.14. The maximum Gasteiger partial charge on any atom is 0.322 e. The number of hydrogen-bond donors (Lipinski definition) is 3. The molecule has 6 nitrogen and oxygen atoms in total. The molecule has 1 aromatic carbocycles. The number of carbonyl (C=O) groups excluding carboxylic acids is 2. The van der Waals surface area contributed by atoms with E-state index in [9.17, 15) is 14.4 Å². The zero-order valence-electron chi connectivity index (χ0n) is 8.27. The Kier molecular flexibility index (Phi) is 3.60. The molecule has 0 aromatic heterocycles. The second kappa shape index (κ2) is 4.92. The van der Waals surface area contributed by atoms with Gasteiger partial charge in [0.2, 0.25) is 0 Å². The first-order valence-corrected chi connectivity index (χ1v) is 4.40. The number of anilines is 1. The molecule has 0 aliphatic carbocycles. The first kappa shape index (κ1) is 11.7. The molecule has 0 atom stereocenters. The van der Waals surface area contributed by atoms with Gasteiger partial charge in [-0.3, -0.25) is 14.4 Å². The molecular weight excluding hydrogens is 212 g/mol. The van der Waals surface area contributed by atoms with Gasteiger partial charge in [-0.1, -0.05) is 6.07 Å². The van der Waals surface area contributed by atoms with Gasteiger partial charge in [-0.2, -0.15) is 0 Å². The monoisotopic (exact) mass is 222 g/mol. The third kappa shape index (κ3) is 2.57. The molecule has 0 unspecified atom stereocenters. The Morgan fingerprint density at radius 1 is 1.44 bits per heavy atom. The molecule has 0 saturated heterocycles. The van der Waals surface area contributed by atoms with E-state index in [1.54, 1.807) is 0 Å². The van der Waals surface area contributed by atoms with E-state index in [-0.39, 0.29) is 16.8 Å². The molecule has 0 aliphatic rings. The number of aldehydes is 1. The lowest BCUT2D eigenvalue weighted by Gasteiger charge is -2.06. The summed E-state index contributed by atoms with van der Waals surface area (Å²) >= 11 is 0. The lowest BCUT2D eigenvalue weighted by molar-refractivity contribution is -0.135. The van der Waals surface area contributed by atoms with E-state index in [2.05, 4.69) is 5.32 Å². The van der Waals surface area contributed by atoms with Crippen molar-refractivity contribution in [2.75, 3.05) is 12.3 Å². The molecule has 0 aliphatic heterocycles. The van der Waals surface area contributed by atoms with Crippen LogP contribution in [0.5, 0.6) is 0 Å². The predicted octanol–water partition coefficient (Wildman–Crippen LogP) is -0.104. The average Bonchev–Trinajstić information content (AvgIpc) is 2.25. The van der Waals surface area contributed by atoms with E-state index in [1.807, 2.05) is 0 Å². The van der Waals surface area contributed by atoms with Gasteiger partial charge in [0.1, 0.15) is 6.54 Å². The van der Waals surface area contributed by atoms with E-state index >= 15 is 0 Å². The van der Waals surface area contributed by atoms with Crippen LogP contribution in [0.25, 0.3) is 0 Å². The molecule has 0 radical (unpaired) electrons. The summed E-state index contributed by atoms with van der Waals surface area (Å²) in [5, 5.41) is 10.5. The Hall–Kier alpha value is -2.37. The van der Waals surface area contributed by atoms with Gasteiger partial charge in [0.05, 0.1) is 5.56 Å². The number of benzene rings is 1. The quantitative estimate of drug-likeness (QED) is 0.486. The van der Waals surface area contributed by atoms with Crippen molar-refractivity contribution in [3.8, 4) is 0 Å². The molecule has 0 spiro atoms. The second-order valence-electron chi connectivity index (χ2n) is 3.00. The molecule has 0 saturated carbocycles. The normalized spacial score (nSPS) is 9.50. The fourth-order valence-corrected chi connectivity index (χ4v) is 1.16. The molecule has 0 heterocycles. The SMILES string of the molecule is Nc1cccc(C(=O)NCC(=O)O)c1C=O. The van der Waals surface area contributed by atoms with Gasteiger partial charge < -0.3 is 16.2 Å². The molecule has 0 fully saturated rings. The smallest absolute Gasteiger partial charge is 0.322 e. The van der Waals surface area contributed by atoms with Crippen LogP contribution in [-0.2, 0) is 4.79 Å². The first-order valence-electron chi connectivity index (χ1n) is 4.40. The zero-order chi connectivity index (χ0) is 12.1. The minimum atomic E-state index is -1.16. The molecule has 0 bridgehead atoms. The van der Waals surface area contributed by atoms with Crippen molar-refractivity contribution in [2.45, 2.75) is 0 Å². The Morgan fingerprint density at radius 3 is 2.69 bits per heavy atom. The summed E-state index contributed by atoms with van der Waals surface area (Å²) in [5.74, 6) is -1.80. The van der Waals surface area contributed by atoms with Crippen molar-refractivity contribution in [3.05, 3.63) is 29.3 Å². The molecular formula is C10H10N2O4. The highest BCUT2D eigenvalue weighted by molar-refractivity contribution is 6.04. The van der Waals surface area contributed by atoms with Gasteiger partial charge in [0, 0.05) is 11.3 Å². The summed E-state index contributed by atoms with van der Waals surface area (Å²) in [6.07, 6.45) is 0.463. The maximum atomic E-state index is 11.5. The number of nitrogens with one attached hydrogen (secondary N) is 1. The summed E-state index contributed by atoms with van der Waals surface area (Å²) in [4.78, 5) is 32.5. The second-order valence-corrected chi connectivity index (χ2v) is 3.00. The van der Waals surface area contributed by atoms with Crippen LogP contribution in [-0.4, -0.2) is 29.8 Å². The molecule has 4 N–H and O–H groups in total. The Morgan fingerprint density at radius 2 is 2.12 bits per heavy atom. The zero-order valence-corrected chi connectivity index (χ0v) is 8.27. The van der Waals surface area contributed by atoms with Crippen LogP contribution >= 0.6 is 0 Å². The van der Waals surface area contributed by atoms with Gasteiger partial charge in [-0.05, 0) is 12.1 Å². The topological polar surface area (TPSA) is 109 Å². The van der Waals surface area contributed by atoms with Crippen LogP contribution in [0.15, 0.2) is 18.2 Å². The van der Waals surface area contributed by atoms with E-state index < -0.39 is 18.4 Å². The predicted molar refractivity (Wildman–Crippen MR) is 56.2 cm³/mol. The number of rotatable bonds is 4. The number of nitrogen functional groups attached to an aromatic ring is 1. The lowest BCUT2D eigenvalue weighted by Crippen LogP contribution is -2.30. The molecule has 1 aromatic rings. The molecule has 84 valence electrons. The Bertz CT molecular complexity index is 442. The van der Waals surface area contributed by atoms with Crippen molar-refractivity contribution in [3.63, 3.8) is 0 Å². The number of aliphatic carboxylic acids is 1. The fourth-order valence-electron chi connectivity index (χ4n) is 1.16. The average molecular weight is 222 g/mol. The van der Waals surface area contributed by atoms with E-state index in [1.165, 1.54) is 18.2 Å². The summed E-state index contributed by atoms with van der Waals surface area (Å²) in [5.41, 5.74) is 5.80. The van der Waals surface area contributed by atoms with Crippen molar-refractivity contribution in [2.24, 2.45) is 0 Å². The number of amides is 1. The fraction of sp³-hybridized carbons (Fsp3) is 0.100. The number of hydrogen-bond acceptors (Lipinski definition) is 4. The number of nitrogens with two attached hydrogens (primary N) is 1. The largest absolute Gasteiger partial charge is 0.480 e. The minimum absolute atomic E-state index is 0.0605. The number of carboxylic acid groups (broad SMARTS) is 1. The van der Waals surface area contributed by atoms with Crippen LogP contribution in [0, 0.1) is 0 Å². The summed E-state index contributed by atoms with van der Waals surface area (Å²) in [6.45, 7) is -0.508. The molecule has 1 amide bonds. The molecule has 1 rings (SSSR count). The third-order valence-corrected chi connectivity index (χ3v) is 1.90. The van der Waals surface area contributed by atoms with E-state index in [0.29, 0.717) is 6.29 Å². The number of carbonyl (C=O) groups is 3. The van der Waals surface area contributed by atoms with Gasteiger partial charge in [0.25, 0.3) is 5.91 Å². The third-order valence-electron chi connectivity index (χ3n) is 1.90. The highest BCUT2D eigenvalue weighted by Gasteiger charge is 2.13. The van der Waals surface area contributed by atoms with Crippen LogP contribution in [0.4, 0.5) is 5.69 Å². The van der Waals surface area contributed by atoms with Crippen molar-refractivity contribution in [1.82, 2.24) is 5.32 Å². The first-order chi connectivity index (χ1) is 7.56. The van der Waals surface area contributed by atoms with Crippen LogP contribution in [0.3, 0.4) is 0 Å². The van der Waals surface area contributed by atoms with Crippen molar-refractivity contribution < 1.29 is 19.5 Å². The van der Waals surface area contributed by atoms with E-state index in [0.717, 1.165) is 0 Å². The molecule has 16 heavy (non-hydrogen) atoms. The highest BCUT2D eigenvalue weighted by atomic mass is 16.4. The maximum absolute atomic E-state index is 11.5. The molecule has 6 heteroatoms. The Balaban J connectivity index is 2.95. The van der Waals surface area contributed by atoms with Crippen molar-refractivity contribution in [1.29, 1.82) is 0 Å².